The van der Waals surface area contributed by atoms with Crippen LogP contribution in [0.5, 0.6) is 0 Å². The molecule has 0 aliphatic rings. The minimum absolute atomic E-state index is 0.795. The molecular weight excluding hydrogens is 248 g/mol. The van der Waals surface area contributed by atoms with Crippen LogP contribution < -0.4 is 0 Å². The first-order valence-electron chi connectivity index (χ1n) is 6.54. The smallest absolute Gasteiger partial charge is 0.104 e. The Balaban J connectivity index is 2.13. The molecule has 1 nitrogen and oxygen atoms in total. The highest BCUT2D eigenvalue weighted by molar-refractivity contribution is 8.16. The zero-order valence-corrected chi connectivity index (χ0v) is 12.8. The number of thioether (sulfide) groups is 2. The lowest BCUT2D eigenvalue weighted by molar-refractivity contribution is 0.473. The highest BCUT2D eigenvalue weighted by Gasteiger charge is 2.07. The first-order valence-corrected chi connectivity index (χ1v) is 8.64. The van der Waals surface area contributed by atoms with Gasteiger partial charge < -0.3 is 4.42 Å². The van der Waals surface area contributed by atoms with Gasteiger partial charge in [-0.2, -0.15) is 0 Å². The van der Waals surface area contributed by atoms with Crippen molar-refractivity contribution in [2.24, 2.45) is 0 Å². The van der Waals surface area contributed by atoms with Crippen LogP contribution in [-0.4, -0.2) is 16.1 Å². The number of rotatable bonds is 9. The van der Waals surface area contributed by atoms with Gasteiger partial charge in [0, 0.05) is 6.42 Å². The zero-order valence-electron chi connectivity index (χ0n) is 11.2. The lowest BCUT2D eigenvalue weighted by Crippen LogP contribution is -1.99. The highest BCUT2D eigenvalue weighted by Crippen LogP contribution is 2.28. The minimum atomic E-state index is 0.795. The molecule has 0 N–H and O–H groups in total. The van der Waals surface area contributed by atoms with E-state index < -0.39 is 0 Å². The topological polar surface area (TPSA) is 13.1 Å². The average molecular weight is 272 g/mol. The molecule has 1 aromatic heterocycles. The van der Waals surface area contributed by atoms with Crippen molar-refractivity contribution in [3.63, 3.8) is 0 Å². The summed E-state index contributed by atoms with van der Waals surface area (Å²) in [7, 11) is 0. The largest absolute Gasteiger partial charge is 0.466 e. The van der Waals surface area contributed by atoms with E-state index in [1.807, 2.05) is 6.92 Å². The molecule has 17 heavy (non-hydrogen) atoms. The molecular formula is C14H24OS2. The molecule has 0 aliphatic heterocycles. The van der Waals surface area contributed by atoms with Gasteiger partial charge in [0.05, 0.1) is 4.58 Å². The first-order chi connectivity index (χ1) is 8.26. The molecule has 98 valence electrons. The average Bonchev–Trinajstić information content (AvgIpc) is 2.71. The van der Waals surface area contributed by atoms with Crippen molar-refractivity contribution in [3.05, 3.63) is 23.7 Å². The van der Waals surface area contributed by atoms with Gasteiger partial charge in [-0.3, -0.25) is 0 Å². The van der Waals surface area contributed by atoms with Crippen LogP contribution in [0.2, 0.25) is 0 Å². The summed E-state index contributed by atoms with van der Waals surface area (Å²) in [6.45, 7) is 6.51. The predicted octanol–water partition coefficient (Wildman–Crippen LogP) is 5.13. The van der Waals surface area contributed by atoms with Crippen molar-refractivity contribution in [2.75, 3.05) is 11.5 Å². The Morgan fingerprint density at radius 3 is 2.35 bits per heavy atom. The van der Waals surface area contributed by atoms with Crippen LogP contribution in [0.15, 0.2) is 16.5 Å². The number of furan rings is 1. The summed E-state index contributed by atoms with van der Waals surface area (Å²) in [6.07, 6.45) is 4.98. The van der Waals surface area contributed by atoms with Gasteiger partial charge in [0.25, 0.3) is 0 Å². The zero-order chi connectivity index (χ0) is 12.5. The molecule has 0 saturated heterocycles. The third-order valence-electron chi connectivity index (χ3n) is 2.61. The van der Waals surface area contributed by atoms with E-state index in [2.05, 4.69) is 49.5 Å². The maximum absolute atomic E-state index is 5.58. The van der Waals surface area contributed by atoms with Crippen LogP contribution in [0.1, 0.15) is 44.6 Å². The molecule has 0 atom stereocenters. The monoisotopic (exact) mass is 272 g/mol. The summed E-state index contributed by atoms with van der Waals surface area (Å²) in [5.41, 5.74) is 0. The van der Waals surface area contributed by atoms with Gasteiger partial charge >= 0.3 is 0 Å². The molecule has 0 saturated carbocycles. The second-order valence-electron chi connectivity index (χ2n) is 4.10. The van der Waals surface area contributed by atoms with Gasteiger partial charge in [0.1, 0.15) is 11.5 Å². The molecule has 1 heterocycles. The van der Waals surface area contributed by atoms with E-state index in [-0.39, 0.29) is 0 Å². The van der Waals surface area contributed by atoms with Crippen LogP contribution in [0.25, 0.3) is 0 Å². The summed E-state index contributed by atoms with van der Waals surface area (Å²) < 4.78 is 6.37. The Labute approximate surface area is 114 Å². The van der Waals surface area contributed by atoms with Gasteiger partial charge in [-0.05, 0) is 43.4 Å². The van der Waals surface area contributed by atoms with Crippen molar-refractivity contribution in [2.45, 2.75) is 51.0 Å². The van der Waals surface area contributed by atoms with E-state index in [1.165, 1.54) is 30.8 Å². The van der Waals surface area contributed by atoms with Gasteiger partial charge in [-0.1, -0.05) is 20.3 Å². The maximum Gasteiger partial charge on any atom is 0.104 e. The van der Waals surface area contributed by atoms with Gasteiger partial charge in [-0.15, -0.1) is 23.5 Å². The predicted molar refractivity (Wildman–Crippen MR) is 81.1 cm³/mol. The number of hydrogen-bond acceptors (Lipinski definition) is 3. The first kappa shape index (κ1) is 15.0. The van der Waals surface area contributed by atoms with Crippen LogP contribution in [0, 0.1) is 6.92 Å². The number of hydrogen-bond donors (Lipinski definition) is 0. The molecule has 0 fully saturated rings. The Bertz CT molecular complexity index is 290. The standard InChI is InChI=1S/C14H24OS2/c1-4-16-14(17-5-2)9-7-6-8-13-11-10-12(3)15-13/h10-11,14H,4-9H2,1-3H3. The highest BCUT2D eigenvalue weighted by atomic mass is 32.2. The fourth-order valence-electron chi connectivity index (χ4n) is 1.82. The SMILES string of the molecule is CCSC(CCCCc1ccc(C)o1)SCC. The second kappa shape index (κ2) is 8.98. The Kier molecular flexibility index (Phi) is 7.95. The summed E-state index contributed by atoms with van der Waals surface area (Å²) in [5.74, 6) is 4.63. The Morgan fingerprint density at radius 1 is 1.12 bits per heavy atom. The molecule has 0 unspecified atom stereocenters. The summed E-state index contributed by atoms with van der Waals surface area (Å²) in [4.78, 5) is 0. The summed E-state index contributed by atoms with van der Waals surface area (Å²) in [5, 5.41) is 0. The molecule has 0 spiro atoms. The van der Waals surface area contributed by atoms with Crippen molar-refractivity contribution in [3.8, 4) is 0 Å². The maximum atomic E-state index is 5.58. The third kappa shape index (κ3) is 6.46. The van der Waals surface area contributed by atoms with E-state index in [1.54, 1.807) is 0 Å². The number of aryl methyl sites for hydroxylation is 2. The van der Waals surface area contributed by atoms with Crippen molar-refractivity contribution in [1.82, 2.24) is 0 Å². The van der Waals surface area contributed by atoms with Crippen LogP contribution in [-0.2, 0) is 6.42 Å². The van der Waals surface area contributed by atoms with E-state index >= 15 is 0 Å². The molecule has 0 aromatic carbocycles. The molecule has 1 rings (SSSR count). The summed E-state index contributed by atoms with van der Waals surface area (Å²) >= 11 is 4.18. The molecule has 1 aromatic rings. The lowest BCUT2D eigenvalue weighted by Gasteiger charge is -2.13. The quantitative estimate of drug-likeness (QED) is 0.457. The van der Waals surface area contributed by atoms with E-state index in [0.29, 0.717) is 0 Å². The van der Waals surface area contributed by atoms with Crippen LogP contribution >= 0.6 is 23.5 Å². The van der Waals surface area contributed by atoms with Crippen molar-refractivity contribution in [1.29, 1.82) is 0 Å². The van der Waals surface area contributed by atoms with Gasteiger partial charge in [-0.25, -0.2) is 0 Å². The van der Waals surface area contributed by atoms with Crippen molar-refractivity contribution < 1.29 is 4.42 Å². The Morgan fingerprint density at radius 2 is 1.82 bits per heavy atom. The minimum Gasteiger partial charge on any atom is -0.466 e. The molecule has 0 aliphatic carbocycles. The third-order valence-corrected chi connectivity index (χ3v) is 5.31. The molecule has 0 amide bonds. The molecule has 0 radical (unpaired) electrons. The fourth-order valence-corrected chi connectivity index (χ4v) is 4.43. The van der Waals surface area contributed by atoms with E-state index in [4.69, 9.17) is 4.42 Å². The lowest BCUT2D eigenvalue weighted by atomic mass is 10.2. The molecule has 0 bridgehead atoms. The number of unbranched alkanes of at least 4 members (excludes halogenated alkanes) is 1. The van der Waals surface area contributed by atoms with E-state index in [0.717, 1.165) is 22.5 Å². The fraction of sp³-hybridized carbons (Fsp3) is 0.714. The van der Waals surface area contributed by atoms with Gasteiger partial charge in [0.15, 0.2) is 0 Å². The van der Waals surface area contributed by atoms with Gasteiger partial charge in [0.2, 0.25) is 0 Å². The Hall–Kier alpha value is -0.0200. The van der Waals surface area contributed by atoms with Crippen LogP contribution in [0.3, 0.4) is 0 Å². The van der Waals surface area contributed by atoms with E-state index in [9.17, 15) is 0 Å². The normalized spacial score (nSPS) is 11.3. The summed E-state index contributed by atoms with van der Waals surface area (Å²) in [6, 6.07) is 4.16. The second-order valence-corrected chi connectivity index (χ2v) is 7.36. The molecule has 3 heteroatoms. The van der Waals surface area contributed by atoms with Crippen LogP contribution in [0.4, 0.5) is 0 Å². The van der Waals surface area contributed by atoms with Crippen molar-refractivity contribution >= 4 is 23.5 Å².